The third-order valence-corrected chi connectivity index (χ3v) is 4.40. The molecule has 0 saturated carbocycles. The van der Waals surface area contributed by atoms with E-state index in [0.717, 1.165) is 10.0 Å². The van der Waals surface area contributed by atoms with Crippen LogP contribution in [0.1, 0.15) is 23.3 Å². The summed E-state index contributed by atoms with van der Waals surface area (Å²) in [5.74, 6) is -0.418. The van der Waals surface area contributed by atoms with Gasteiger partial charge in [-0.3, -0.25) is 9.59 Å². The highest BCUT2D eigenvalue weighted by atomic mass is 79.9. The Morgan fingerprint density at radius 3 is 2.50 bits per heavy atom. The number of anilines is 1. The largest absolute Gasteiger partial charge is 0.366 e. The highest BCUT2D eigenvalue weighted by molar-refractivity contribution is 9.10. The van der Waals surface area contributed by atoms with Crippen molar-refractivity contribution in [2.45, 2.75) is 13.0 Å². The number of hydrogen-bond donors (Lipinski definition) is 2. The highest BCUT2D eigenvalue weighted by Gasteiger charge is 2.19. The van der Waals surface area contributed by atoms with Gasteiger partial charge in [-0.1, -0.05) is 28.1 Å². The number of halogens is 1. The molecule has 0 fully saturated rings. The number of tetrazole rings is 1. The molecular formula is C17H15BrN6O2. The van der Waals surface area contributed by atoms with E-state index in [-0.39, 0.29) is 5.91 Å². The van der Waals surface area contributed by atoms with Crippen LogP contribution < -0.4 is 11.1 Å². The van der Waals surface area contributed by atoms with Crippen LogP contribution in [0.3, 0.4) is 0 Å². The quantitative estimate of drug-likeness (QED) is 0.664. The van der Waals surface area contributed by atoms with Crippen molar-refractivity contribution in [3.05, 3.63) is 58.6 Å². The fourth-order valence-electron chi connectivity index (χ4n) is 2.21. The summed E-state index contributed by atoms with van der Waals surface area (Å²) in [5.41, 5.74) is 6.89. The number of carbonyl (C=O) groups is 2. The Bertz CT molecular complexity index is 954. The minimum atomic E-state index is -0.672. The second-order valence-electron chi connectivity index (χ2n) is 5.52. The van der Waals surface area contributed by atoms with Crippen molar-refractivity contribution in [3.63, 3.8) is 0 Å². The monoisotopic (exact) mass is 414 g/mol. The molecule has 0 aliphatic carbocycles. The smallest absolute Gasteiger partial charge is 0.250 e. The molecule has 0 aliphatic heterocycles. The number of rotatable bonds is 5. The molecule has 1 aromatic heterocycles. The van der Waals surface area contributed by atoms with E-state index in [2.05, 4.69) is 36.7 Å². The lowest BCUT2D eigenvalue weighted by atomic mass is 10.2. The summed E-state index contributed by atoms with van der Waals surface area (Å²) in [6, 6.07) is 13.1. The van der Waals surface area contributed by atoms with E-state index >= 15 is 0 Å². The van der Waals surface area contributed by atoms with Crippen molar-refractivity contribution >= 4 is 33.4 Å². The molecule has 8 nitrogen and oxygen atoms in total. The molecule has 132 valence electrons. The van der Waals surface area contributed by atoms with Crippen molar-refractivity contribution in [2.75, 3.05) is 5.32 Å². The minimum absolute atomic E-state index is 0.312. The van der Waals surface area contributed by atoms with Gasteiger partial charge in [-0.25, -0.2) is 0 Å². The van der Waals surface area contributed by atoms with Crippen molar-refractivity contribution < 1.29 is 9.59 Å². The number of amides is 2. The van der Waals surface area contributed by atoms with E-state index in [9.17, 15) is 9.59 Å². The molecule has 1 atom stereocenters. The molecule has 9 heteroatoms. The second kappa shape index (κ2) is 7.44. The van der Waals surface area contributed by atoms with E-state index in [0.29, 0.717) is 17.1 Å². The lowest BCUT2D eigenvalue weighted by molar-refractivity contribution is -0.119. The van der Waals surface area contributed by atoms with Gasteiger partial charge in [0.2, 0.25) is 11.7 Å². The first-order chi connectivity index (χ1) is 12.5. The fourth-order valence-corrected chi connectivity index (χ4v) is 2.67. The summed E-state index contributed by atoms with van der Waals surface area (Å²) in [4.78, 5) is 24.7. The predicted molar refractivity (Wildman–Crippen MR) is 99.3 cm³/mol. The maximum absolute atomic E-state index is 12.4. The third-order valence-electron chi connectivity index (χ3n) is 3.71. The summed E-state index contributed by atoms with van der Waals surface area (Å²) in [7, 11) is 0. The average molecular weight is 415 g/mol. The predicted octanol–water partition coefficient (Wildman–Crippen LogP) is 2.40. The number of nitrogens with two attached hydrogens (primary N) is 1. The van der Waals surface area contributed by atoms with Gasteiger partial charge in [-0.2, -0.15) is 4.80 Å². The number of benzene rings is 2. The first kappa shape index (κ1) is 17.7. The van der Waals surface area contributed by atoms with Gasteiger partial charge in [0, 0.05) is 21.3 Å². The van der Waals surface area contributed by atoms with Crippen LogP contribution in [0.4, 0.5) is 5.69 Å². The van der Waals surface area contributed by atoms with E-state index in [1.807, 2.05) is 24.3 Å². The van der Waals surface area contributed by atoms with Crippen LogP contribution in [-0.2, 0) is 4.79 Å². The molecule has 2 aromatic carbocycles. The van der Waals surface area contributed by atoms with Crippen LogP contribution in [-0.4, -0.2) is 32.0 Å². The van der Waals surface area contributed by atoms with Crippen molar-refractivity contribution in [1.29, 1.82) is 0 Å². The standard InChI is InChI=1S/C17H15BrN6O2/c1-10(17(26)20-12-8-6-11(7-9-12)15(19)25)24-22-16(21-23-24)13-4-2-3-5-14(13)18/h2-10H,1H3,(H2,19,25)(H,20,26)/t10-/m1/s1. The average Bonchev–Trinajstić information content (AvgIpc) is 3.11. The lowest BCUT2D eigenvalue weighted by Crippen LogP contribution is -2.25. The molecule has 0 saturated heterocycles. The molecule has 0 bridgehead atoms. The minimum Gasteiger partial charge on any atom is -0.366 e. The van der Waals surface area contributed by atoms with E-state index < -0.39 is 11.9 Å². The molecule has 0 spiro atoms. The van der Waals surface area contributed by atoms with Gasteiger partial charge in [-0.05, 0) is 48.5 Å². The molecule has 1 heterocycles. The van der Waals surface area contributed by atoms with Crippen molar-refractivity contribution in [2.24, 2.45) is 5.73 Å². The van der Waals surface area contributed by atoms with Gasteiger partial charge < -0.3 is 11.1 Å². The van der Waals surface area contributed by atoms with E-state index in [4.69, 9.17) is 5.73 Å². The fraction of sp³-hybridized carbons (Fsp3) is 0.118. The SMILES string of the molecule is C[C@H](C(=O)Nc1ccc(C(N)=O)cc1)n1nnc(-c2ccccc2Br)n1. The van der Waals surface area contributed by atoms with Crippen LogP contribution >= 0.6 is 15.9 Å². The number of nitrogens with zero attached hydrogens (tertiary/aromatic N) is 4. The first-order valence-electron chi connectivity index (χ1n) is 7.71. The zero-order chi connectivity index (χ0) is 18.7. The lowest BCUT2D eigenvalue weighted by Gasteiger charge is -2.11. The molecule has 0 aliphatic rings. The Balaban J connectivity index is 1.73. The number of hydrogen-bond acceptors (Lipinski definition) is 5. The van der Waals surface area contributed by atoms with Crippen LogP contribution in [0.2, 0.25) is 0 Å². The molecule has 0 unspecified atom stereocenters. The summed E-state index contributed by atoms with van der Waals surface area (Å²) >= 11 is 3.44. The summed E-state index contributed by atoms with van der Waals surface area (Å²) in [5, 5.41) is 15.0. The highest BCUT2D eigenvalue weighted by Crippen LogP contribution is 2.24. The number of nitrogens with one attached hydrogen (secondary N) is 1. The zero-order valence-electron chi connectivity index (χ0n) is 13.8. The molecular weight excluding hydrogens is 400 g/mol. The Hall–Kier alpha value is -3.07. The maximum Gasteiger partial charge on any atom is 0.250 e. The first-order valence-corrected chi connectivity index (χ1v) is 8.50. The van der Waals surface area contributed by atoms with Crippen LogP contribution in [0.5, 0.6) is 0 Å². The topological polar surface area (TPSA) is 116 Å². The molecule has 3 aromatic rings. The Morgan fingerprint density at radius 1 is 1.15 bits per heavy atom. The summed E-state index contributed by atoms with van der Waals surface area (Å²) in [6.07, 6.45) is 0. The number of carbonyl (C=O) groups excluding carboxylic acids is 2. The summed E-state index contributed by atoms with van der Waals surface area (Å²) in [6.45, 7) is 1.67. The van der Waals surface area contributed by atoms with Gasteiger partial charge in [0.25, 0.3) is 5.91 Å². The molecule has 3 rings (SSSR count). The molecule has 26 heavy (non-hydrogen) atoms. The zero-order valence-corrected chi connectivity index (χ0v) is 15.3. The molecule has 3 N–H and O–H groups in total. The van der Waals surface area contributed by atoms with Gasteiger partial charge in [0.05, 0.1) is 0 Å². The number of aromatic nitrogens is 4. The second-order valence-corrected chi connectivity index (χ2v) is 6.37. The van der Waals surface area contributed by atoms with Gasteiger partial charge >= 0.3 is 0 Å². The van der Waals surface area contributed by atoms with Crippen LogP contribution in [0.15, 0.2) is 53.0 Å². The Kier molecular flexibility index (Phi) is 5.08. The van der Waals surface area contributed by atoms with Gasteiger partial charge in [-0.15, -0.1) is 10.2 Å². The maximum atomic E-state index is 12.4. The third kappa shape index (κ3) is 3.77. The van der Waals surface area contributed by atoms with Crippen molar-refractivity contribution in [1.82, 2.24) is 20.2 Å². The van der Waals surface area contributed by atoms with E-state index in [1.165, 1.54) is 4.80 Å². The Labute approximate surface area is 157 Å². The molecule has 2 amide bonds. The Morgan fingerprint density at radius 2 is 1.85 bits per heavy atom. The normalized spacial score (nSPS) is 11.8. The van der Waals surface area contributed by atoms with Gasteiger partial charge in [0.1, 0.15) is 6.04 Å². The van der Waals surface area contributed by atoms with Crippen LogP contribution in [0, 0.1) is 0 Å². The summed E-state index contributed by atoms with van der Waals surface area (Å²) < 4.78 is 0.839. The molecule has 0 radical (unpaired) electrons. The van der Waals surface area contributed by atoms with E-state index in [1.54, 1.807) is 31.2 Å². The van der Waals surface area contributed by atoms with Crippen molar-refractivity contribution in [3.8, 4) is 11.4 Å². The van der Waals surface area contributed by atoms with Gasteiger partial charge in [0.15, 0.2) is 0 Å². The van der Waals surface area contributed by atoms with Crippen LogP contribution in [0.25, 0.3) is 11.4 Å². The number of primary amides is 1.